The number of amides is 1. The minimum absolute atomic E-state index is 0. The van der Waals surface area contributed by atoms with Crippen LogP contribution in [0.3, 0.4) is 0 Å². The summed E-state index contributed by atoms with van der Waals surface area (Å²) in [4.78, 5) is 23.3. The van der Waals surface area contributed by atoms with Crippen molar-refractivity contribution in [3.63, 3.8) is 0 Å². The van der Waals surface area contributed by atoms with E-state index in [4.69, 9.17) is 5.11 Å². The molecule has 0 bridgehead atoms. The van der Waals surface area contributed by atoms with Crippen LogP contribution in [0.5, 0.6) is 0 Å². The Bertz CT molecular complexity index is 382. The van der Waals surface area contributed by atoms with E-state index in [0.717, 1.165) is 23.9 Å². The molecule has 0 aromatic carbocycles. The van der Waals surface area contributed by atoms with Crippen molar-refractivity contribution in [2.45, 2.75) is 71.1 Å². The summed E-state index contributed by atoms with van der Waals surface area (Å²) in [6.45, 7) is 6.69. The van der Waals surface area contributed by atoms with Crippen molar-refractivity contribution in [3.05, 3.63) is 12.7 Å². The zero-order chi connectivity index (χ0) is 20.4. The Morgan fingerprint density at radius 2 is 1.41 bits per heavy atom. The number of carbonyl (C=O) groups is 2. The summed E-state index contributed by atoms with van der Waals surface area (Å²) in [5.41, 5.74) is 0. The third-order valence-corrected chi connectivity index (χ3v) is 3.97. The quantitative estimate of drug-likeness (QED) is 0.246. The van der Waals surface area contributed by atoms with Gasteiger partial charge >= 0.3 is 5.97 Å². The monoisotopic (exact) mass is 450 g/mol. The third kappa shape index (κ3) is 27.4. The Kier molecular flexibility index (Phi) is 22.7. The largest absolute Gasteiger partial charge is 1.00 e. The lowest BCUT2D eigenvalue weighted by atomic mass is 10.1. The summed E-state index contributed by atoms with van der Waals surface area (Å²) in [6.07, 6.45) is 13.4. The average Bonchev–Trinajstić information content (AvgIpc) is 2.52. The Labute approximate surface area is 178 Å². The molecule has 5 nitrogen and oxygen atoms in total. The molecule has 0 aliphatic heterocycles. The number of unbranched alkanes of at least 4 members (excludes halogenated alkanes) is 8. The van der Waals surface area contributed by atoms with Gasteiger partial charge in [-0.05, 0) is 12.5 Å². The van der Waals surface area contributed by atoms with Gasteiger partial charge in [-0.25, -0.2) is 0 Å². The Hall–Kier alpha value is -0.880. The predicted octanol–water partition coefficient (Wildman–Crippen LogP) is 1.33. The molecule has 6 heteroatoms. The summed E-state index contributed by atoms with van der Waals surface area (Å²) < 4.78 is 0.976. The molecular formula is C21H43BrN2O3. The first-order valence-corrected chi connectivity index (χ1v) is 10.0. The molecule has 0 aliphatic rings. The fraction of sp³-hybridized carbons (Fsp3) is 0.810. The van der Waals surface area contributed by atoms with Crippen LogP contribution in [0.15, 0.2) is 12.7 Å². The Morgan fingerprint density at radius 3 is 1.74 bits per heavy atom. The minimum Gasteiger partial charge on any atom is -1.00 e. The van der Waals surface area contributed by atoms with Gasteiger partial charge in [0.05, 0.1) is 27.7 Å². The number of carboxylic acids is 1. The van der Waals surface area contributed by atoms with Gasteiger partial charge in [0, 0.05) is 13.5 Å². The van der Waals surface area contributed by atoms with Crippen LogP contribution in [0.4, 0.5) is 0 Å². The second-order valence-corrected chi connectivity index (χ2v) is 7.98. The molecular weight excluding hydrogens is 408 g/mol. The average molecular weight is 451 g/mol. The van der Waals surface area contributed by atoms with Gasteiger partial charge in [0.1, 0.15) is 6.54 Å². The van der Waals surface area contributed by atoms with Crippen molar-refractivity contribution in [1.29, 1.82) is 0 Å². The number of rotatable bonds is 14. The van der Waals surface area contributed by atoms with E-state index in [1.807, 2.05) is 6.08 Å². The van der Waals surface area contributed by atoms with Gasteiger partial charge < -0.3 is 31.5 Å². The lowest BCUT2D eigenvalue weighted by Crippen LogP contribution is -3.00. The molecule has 0 heterocycles. The molecule has 1 amide bonds. The van der Waals surface area contributed by atoms with E-state index in [0.29, 0.717) is 6.42 Å². The summed E-state index contributed by atoms with van der Waals surface area (Å²) >= 11 is 0. The molecule has 0 aromatic rings. The van der Waals surface area contributed by atoms with Crippen LogP contribution in [-0.4, -0.2) is 67.6 Å². The van der Waals surface area contributed by atoms with Gasteiger partial charge in [-0.15, -0.1) is 0 Å². The van der Waals surface area contributed by atoms with Gasteiger partial charge in [0.25, 0.3) is 0 Å². The summed E-state index contributed by atoms with van der Waals surface area (Å²) in [5.74, 6) is -1.02. The molecule has 0 fully saturated rings. The summed E-state index contributed by atoms with van der Waals surface area (Å²) in [5, 5.41) is 8.57. The summed E-state index contributed by atoms with van der Waals surface area (Å²) in [6, 6.07) is 0. The maximum absolute atomic E-state index is 11.5. The van der Waals surface area contributed by atoms with Crippen LogP contribution in [0.1, 0.15) is 71.1 Å². The second-order valence-electron chi connectivity index (χ2n) is 7.98. The Morgan fingerprint density at radius 1 is 0.963 bits per heavy atom. The van der Waals surface area contributed by atoms with Gasteiger partial charge in [-0.3, -0.25) is 9.59 Å². The number of hydrogen-bond acceptors (Lipinski definition) is 2. The fourth-order valence-corrected chi connectivity index (χ4v) is 2.46. The van der Waals surface area contributed by atoms with E-state index < -0.39 is 5.97 Å². The highest BCUT2D eigenvalue weighted by Crippen LogP contribution is 2.10. The maximum Gasteiger partial charge on any atom is 0.323 e. The molecule has 27 heavy (non-hydrogen) atoms. The first kappa shape index (κ1) is 30.8. The minimum atomic E-state index is -0.956. The highest BCUT2D eigenvalue weighted by molar-refractivity contribution is 5.80. The van der Waals surface area contributed by atoms with E-state index >= 15 is 0 Å². The number of carboxylic acid groups (broad SMARTS) is 1. The fourth-order valence-electron chi connectivity index (χ4n) is 2.46. The van der Waals surface area contributed by atoms with Crippen molar-refractivity contribution in [2.24, 2.45) is 0 Å². The Balaban J connectivity index is -0.000000612. The number of halogens is 1. The van der Waals surface area contributed by atoms with E-state index in [1.165, 1.54) is 49.8 Å². The van der Waals surface area contributed by atoms with Crippen LogP contribution < -0.4 is 17.0 Å². The number of aliphatic carboxylic acids is 1. The SMILES string of the molecule is C=CC[N+](C)(C)C.CCCCCCCCCCCC(=O)N(C)CC(=O)O.[Br-]. The van der Waals surface area contributed by atoms with Gasteiger partial charge in [-0.2, -0.15) is 0 Å². The van der Waals surface area contributed by atoms with E-state index in [-0.39, 0.29) is 29.4 Å². The van der Waals surface area contributed by atoms with E-state index in [2.05, 4.69) is 34.6 Å². The zero-order valence-corrected chi connectivity index (χ0v) is 19.9. The highest BCUT2D eigenvalue weighted by atomic mass is 79.9. The standard InChI is InChI=1S/C15H29NO3.C6H14N.BrH/c1-3-4-5-6-7-8-9-10-11-12-14(17)16(2)13-15(18)19;1-5-6-7(2,3)4;/h3-13H2,1-2H3,(H,18,19);5H,1,6H2,2-4H3;1H/q;+1;/p-1. The van der Waals surface area contributed by atoms with Crippen molar-refractivity contribution < 1.29 is 36.2 Å². The number of carbonyl (C=O) groups excluding carboxylic acids is 1. The first-order valence-electron chi connectivity index (χ1n) is 10.0. The molecule has 0 spiro atoms. The molecule has 1 N–H and O–H groups in total. The van der Waals surface area contributed by atoms with Crippen LogP contribution in [0.2, 0.25) is 0 Å². The third-order valence-electron chi connectivity index (χ3n) is 3.97. The van der Waals surface area contributed by atoms with Gasteiger partial charge in [0.2, 0.25) is 5.91 Å². The van der Waals surface area contributed by atoms with Crippen LogP contribution >= 0.6 is 0 Å². The molecule has 0 aliphatic carbocycles. The first-order chi connectivity index (χ1) is 12.1. The smallest absolute Gasteiger partial charge is 0.323 e. The van der Waals surface area contributed by atoms with E-state index in [1.54, 1.807) is 7.05 Å². The number of quaternary nitrogens is 1. The predicted molar refractivity (Wildman–Crippen MR) is 110 cm³/mol. The van der Waals surface area contributed by atoms with Crippen LogP contribution in [0.25, 0.3) is 0 Å². The molecule has 0 rings (SSSR count). The van der Waals surface area contributed by atoms with Crippen LogP contribution in [0, 0.1) is 0 Å². The molecule has 0 saturated carbocycles. The van der Waals surface area contributed by atoms with Crippen LogP contribution in [-0.2, 0) is 9.59 Å². The molecule has 0 radical (unpaired) electrons. The van der Waals surface area contributed by atoms with Gasteiger partial charge in [-0.1, -0.05) is 64.9 Å². The normalized spacial score (nSPS) is 10.3. The van der Waals surface area contributed by atoms with E-state index in [9.17, 15) is 9.59 Å². The number of likely N-dealkylation sites (N-methyl/N-ethyl adjacent to an activating group) is 2. The maximum atomic E-state index is 11.5. The topological polar surface area (TPSA) is 57.6 Å². The lowest BCUT2D eigenvalue weighted by Gasteiger charge is -2.21. The van der Waals surface area contributed by atoms with Crippen molar-refractivity contribution in [2.75, 3.05) is 41.3 Å². The number of nitrogens with zero attached hydrogens (tertiary/aromatic N) is 2. The molecule has 0 aromatic heterocycles. The van der Waals surface area contributed by atoms with Crippen molar-refractivity contribution in [3.8, 4) is 0 Å². The van der Waals surface area contributed by atoms with Gasteiger partial charge in [0.15, 0.2) is 0 Å². The lowest BCUT2D eigenvalue weighted by molar-refractivity contribution is -0.864. The highest BCUT2D eigenvalue weighted by Gasteiger charge is 2.10. The molecule has 162 valence electrons. The molecule has 0 unspecified atom stereocenters. The van der Waals surface area contributed by atoms with Crippen molar-refractivity contribution >= 4 is 11.9 Å². The van der Waals surface area contributed by atoms with Crippen molar-refractivity contribution in [1.82, 2.24) is 4.90 Å². The number of hydrogen-bond donors (Lipinski definition) is 1. The second kappa shape index (κ2) is 19.9. The molecule has 0 saturated heterocycles. The summed E-state index contributed by atoms with van der Waals surface area (Å²) in [7, 11) is 7.97. The zero-order valence-electron chi connectivity index (χ0n) is 18.3. The molecule has 0 atom stereocenters.